The average molecular weight is 1460 g/mol. The van der Waals surface area contributed by atoms with E-state index in [2.05, 4.69) is 181 Å². The highest BCUT2D eigenvalue weighted by Crippen LogP contribution is 2.51. The zero-order chi connectivity index (χ0) is 63.2. The summed E-state index contributed by atoms with van der Waals surface area (Å²) >= 11 is 0. The van der Waals surface area contributed by atoms with E-state index in [1.165, 1.54) is 44.5 Å². The molecule has 100 heavy (non-hydrogen) atoms. The molecule has 0 spiro atoms. The number of rotatable bonds is 29. The maximum atomic E-state index is 6.71. The average Bonchev–Trinajstić information content (AvgIpc) is 0.767. The second kappa shape index (κ2) is 41.8. The Morgan fingerprint density at radius 2 is 0.540 bits per heavy atom. The van der Waals surface area contributed by atoms with Crippen molar-refractivity contribution in [3.05, 3.63) is 237 Å². The van der Waals surface area contributed by atoms with Gasteiger partial charge < -0.3 is 81.1 Å². The largest absolute Gasteiger partial charge is 0.493 e. The smallest absolute Gasteiger partial charge is 0.162 e. The molecule has 0 saturated carbocycles. The molecule has 0 bridgehead atoms. The zero-order valence-corrected chi connectivity index (χ0v) is 61.7. The van der Waals surface area contributed by atoms with Crippen LogP contribution < -0.4 is 59.2 Å². The van der Waals surface area contributed by atoms with Crippen molar-refractivity contribution in [1.29, 1.82) is 0 Å². The van der Waals surface area contributed by atoms with Crippen molar-refractivity contribution in [3.8, 4) is 46.0 Å². The molecule has 8 aromatic carbocycles. The van der Waals surface area contributed by atoms with Crippen molar-refractivity contribution in [3.63, 3.8) is 0 Å². The van der Waals surface area contributed by atoms with Crippen molar-refractivity contribution >= 4 is 49.6 Å². The first kappa shape index (κ1) is 85.4. The van der Waals surface area contributed by atoms with Crippen LogP contribution in [0.4, 0.5) is 0 Å². The Morgan fingerprint density at radius 1 is 0.320 bits per heavy atom. The van der Waals surface area contributed by atoms with Gasteiger partial charge in [0, 0.05) is 24.2 Å². The molecule has 12 N–H and O–H groups in total. The second-order valence-electron chi connectivity index (χ2n) is 25.6. The number of fused-ring (bicyclic) bond motifs is 4. The van der Waals surface area contributed by atoms with E-state index in [0.29, 0.717) is 38.3 Å². The minimum atomic E-state index is 0. The van der Waals surface area contributed by atoms with Crippen LogP contribution in [-0.2, 0) is 52.1 Å². The minimum Gasteiger partial charge on any atom is -0.493 e. The van der Waals surface area contributed by atoms with E-state index in [4.69, 9.17) is 37.9 Å². The summed E-state index contributed by atoms with van der Waals surface area (Å²) in [5.41, 5.74) is 14.8. The fraction of sp³-hybridized carbons (Fsp3) is 0.400. The first-order chi connectivity index (χ1) is 45.3. The number of nitrogens with one attached hydrogen (secondary N) is 4. The van der Waals surface area contributed by atoms with Gasteiger partial charge in [0.05, 0.1) is 28.4 Å². The molecule has 12 rings (SSSR count). The van der Waals surface area contributed by atoms with Crippen molar-refractivity contribution < 1.29 is 59.8 Å². The topological polar surface area (TPSA) is 248 Å². The molecule has 0 saturated heterocycles. The second-order valence-corrected chi connectivity index (χ2v) is 25.6. The van der Waals surface area contributed by atoms with Crippen LogP contribution in [0.5, 0.6) is 46.0 Å². The summed E-state index contributed by atoms with van der Waals surface area (Å²) in [6, 6.07) is 59.9. The molecular weight excluding hydrogens is 1350 g/mol. The molecular formula is C80H106Cl4N4O12. The molecule has 6 unspecified atom stereocenters. The van der Waals surface area contributed by atoms with Gasteiger partial charge in [0.15, 0.2) is 46.0 Å². The predicted octanol–water partition coefficient (Wildman–Crippen LogP) is 14.1. The Labute approximate surface area is 616 Å². The summed E-state index contributed by atoms with van der Waals surface area (Å²) in [4.78, 5) is 0. The Bertz CT molecular complexity index is 3240. The highest BCUT2D eigenvalue weighted by Gasteiger charge is 2.41. The molecule has 0 radical (unpaired) electrons. The lowest BCUT2D eigenvalue weighted by molar-refractivity contribution is 0.181. The van der Waals surface area contributed by atoms with Crippen molar-refractivity contribution in [2.45, 2.75) is 129 Å². The molecule has 0 fully saturated rings. The molecule has 4 aliphatic rings. The van der Waals surface area contributed by atoms with E-state index >= 15 is 0 Å². The first-order valence-corrected chi connectivity index (χ1v) is 33.7. The molecule has 0 aromatic heterocycles. The third-order valence-corrected chi connectivity index (χ3v) is 20.1. The van der Waals surface area contributed by atoms with E-state index in [0.717, 1.165) is 159 Å². The fourth-order valence-electron chi connectivity index (χ4n) is 15.1. The van der Waals surface area contributed by atoms with E-state index < -0.39 is 0 Å². The van der Waals surface area contributed by atoms with Crippen molar-refractivity contribution in [2.24, 2.45) is 23.7 Å². The minimum absolute atomic E-state index is 0. The van der Waals surface area contributed by atoms with E-state index in [1.54, 1.807) is 28.4 Å². The summed E-state index contributed by atoms with van der Waals surface area (Å²) in [6.07, 6.45) is 9.97. The van der Waals surface area contributed by atoms with Gasteiger partial charge in [0.25, 0.3) is 0 Å². The van der Waals surface area contributed by atoms with Crippen molar-refractivity contribution in [2.75, 3.05) is 54.6 Å². The molecule has 0 amide bonds. The summed E-state index contributed by atoms with van der Waals surface area (Å²) < 4.78 is 51.2. The standard InChI is InChI=1S/C80H94N4O8.4ClH.4H2O/c1-7-53(39-67(77-63-45-73(89-49-55-21-13-9-14-22-55)69(85-3)41-59(63)31-35-81-77)78-64-46-74(90-50-56-23-15-10-16-24-56)70(86-4)42-60(64)32-36-82-78)29-30-54(8-2)40-68(79-65-47-75(91-51-57-25-17-11-18-26-57)71(87-5)43-61(65)33-37-83-79)80-66-48-76(92-52-58-27-19-12-20-28-58)72(88-6)44-62(66)34-38-84-80;;;;;;;;/h9-28,41-48,53-54,67-68,77-84H,7-8,29-40,49-52H2,1-6H3;4*1H;4*1H2. The molecule has 16 nitrogen and oxygen atoms in total. The Kier molecular flexibility index (Phi) is 35.7. The normalized spacial score (nSPS) is 17.2. The molecule has 6 atom stereocenters. The van der Waals surface area contributed by atoms with Crippen LogP contribution in [0.25, 0.3) is 0 Å². The maximum Gasteiger partial charge on any atom is 0.162 e. The molecule has 546 valence electrons. The van der Waals surface area contributed by atoms with Gasteiger partial charge in [-0.05, 0) is 204 Å². The van der Waals surface area contributed by atoms with Gasteiger partial charge in [-0.3, -0.25) is 0 Å². The van der Waals surface area contributed by atoms with Gasteiger partial charge in [0.1, 0.15) is 26.4 Å². The van der Waals surface area contributed by atoms with Crippen molar-refractivity contribution in [1.82, 2.24) is 21.3 Å². The monoisotopic (exact) mass is 1450 g/mol. The van der Waals surface area contributed by atoms with Crippen LogP contribution in [0.15, 0.2) is 170 Å². The van der Waals surface area contributed by atoms with Crippen LogP contribution in [-0.4, -0.2) is 76.5 Å². The van der Waals surface area contributed by atoms with E-state index in [-0.39, 0.29) is 108 Å². The Balaban J connectivity index is 0.00000265. The van der Waals surface area contributed by atoms with Crippen LogP contribution in [0.1, 0.15) is 143 Å². The lowest BCUT2D eigenvalue weighted by atomic mass is 9.71. The predicted molar refractivity (Wildman–Crippen MR) is 409 cm³/mol. The van der Waals surface area contributed by atoms with Crippen LogP contribution in [0.3, 0.4) is 0 Å². The fourth-order valence-corrected chi connectivity index (χ4v) is 15.1. The van der Waals surface area contributed by atoms with Crippen LogP contribution in [0, 0.1) is 23.7 Å². The number of hydrogen-bond acceptors (Lipinski definition) is 12. The highest BCUT2D eigenvalue weighted by molar-refractivity contribution is 5.86. The van der Waals surface area contributed by atoms with Crippen LogP contribution in [0.2, 0.25) is 0 Å². The highest BCUT2D eigenvalue weighted by atomic mass is 35.5. The summed E-state index contributed by atoms with van der Waals surface area (Å²) in [6.45, 7) is 10.1. The molecule has 4 heterocycles. The van der Waals surface area contributed by atoms with Gasteiger partial charge in [-0.2, -0.15) is 0 Å². The van der Waals surface area contributed by atoms with Gasteiger partial charge in [-0.15, -0.1) is 49.6 Å². The van der Waals surface area contributed by atoms with Gasteiger partial charge in [-0.25, -0.2) is 0 Å². The third-order valence-electron chi connectivity index (χ3n) is 20.1. The third kappa shape index (κ3) is 20.4. The summed E-state index contributed by atoms with van der Waals surface area (Å²) in [7, 11) is 7.03. The Morgan fingerprint density at radius 3 is 0.740 bits per heavy atom. The first-order valence-electron chi connectivity index (χ1n) is 33.7. The van der Waals surface area contributed by atoms with Gasteiger partial charge in [-0.1, -0.05) is 161 Å². The summed E-state index contributed by atoms with van der Waals surface area (Å²) in [5.74, 6) is 7.34. The van der Waals surface area contributed by atoms with Gasteiger partial charge in [0.2, 0.25) is 0 Å². The molecule has 20 heteroatoms. The molecule has 4 aliphatic heterocycles. The number of hydrogen-bond donors (Lipinski definition) is 4. The van der Waals surface area contributed by atoms with E-state index in [9.17, 15) is 0 Å². The maximum absolute atomic E-state index is 6.71. The quantitative estimate of drug-likeness (QED) is 0.0342. The van der Waals surface area contributed by atoms with Gasteiger partial charge >= 0.3 is 0 Å². The van der Waals surface area contributed by atoms with E-state index in [1.807, 2.05) is 24.3 Å². The lowest BCUT2D eigenvalue weighted by Gasteiger charge is -2.43. The SMILES string of the molecule is CCC(CCC(CC)CC(C1NCCc2cc(OC)c(OCc3ccccc3)cc21)C1NCCc2cc(OC)c(OCc3ccccc3)cc21)CC(C1NCCc2cc(OC)c(OCc3ccccc3)cc21)C1NCCc2cc(OC)c(OCc3ccccc3)cc21.Cl.Cl.Cl.Cl.O.O.O.O. The molecule has 0 aliphatic carbocycles. The number of benzene rings is 8. The number of halogens is 4. The zero-order valence-electron chi connectivity index (χ0n) is 58.4. The van der Waals surface area contributed by atoms with Crippen LogP contribution >= 0.6 is 49.6 Å². The Hall–Kier alpha value is -7.00. The molecule has 8 aromatic rings. The summed E-state index contributed by atoms with van der Waals surface area (Å²) in [5, 5.41) is 16.6. The number of ether oxygens (including phenoxy) is 8. The lowest BCUT2D eigenvalue weighted by Crippen LogP contribution is -2.44. The number of methoxy groups -OCH3 is 4.